The van der Waals surface area contributed by atoms with Gasteiger partial charge in [0.1, 0.15) is 11.7 Å². The summed E-state index contributed by atoms with van der Waals surface area (Å²) in [6.07, 6.45) is 2.82. The summed E-state index contributed by atoms with van der Waals surface area (Å²) in [4.78, 5) is 40.4. The van der Waals surface area contributed by atoms with Crippen molar-refractivity contribution in [3.8, 4) is 0 Å². The Labute approximate surface area is 103 Å². The fourth-order valence-corrected chi connectivity index (χ4v) is 2.39. The van der Waals surface area contributed by atoms with E-state index in [1.807, 2.05) is 6.92 Å². The quantitative estimate of drug-likeness (QED) is 0.691. The Balaban J connectivity index is 2.27. The number of likely N-dealkylation sites (tertiary alicyclic amines) is 1. The van der Waals surface area contributed by atoms with Crippen molar-refractivity contribution in [1.29, 1.82) is 0 Å². The van der Waals surface area contributed by atoms with Gasteiger partial charge in [0.15, 0.2) is 0 Å². The van der Waals surface area contributed by atoms with Crippen molar-refractivity contribution in [2.45, 2.75) is 25.8 Å². The molecule has 1 aromatic rings. The minimum atomic E-state index is -1.01. The van der Waals surface area contributed by atoms with Crippen molar-refractivity contribution < 1.29 is 14.7 Å². The van der Waals surface area contributed by atoms with Crippen LogP contribution in [0.15, 0.2) is 11.0 Å². The molecule has 1 aliphatic heterocycles. The van der Waals surface area contributed by atoms with Gasteiger partial charge in [-0.2, -0.15) is 0 Å². The van der Waals surface area contributed by atoms with Gasteiger partial charge >= 0.3 is 11.7 Å². The molecule has 2 unspecified atom stereocenters. The van der Waals surface area contributed by atoms with Crippen LogP contribution in [0, 0.1) is 5.92 Å². The van der Waals surface area contributed by atoms with Crippen molar-refractivity contribution in [2.24, 2.45) is 5.92 Å². The average molecular weight is 253 g/mol. The first-order valence-corrected chi connectivity index (χ1v) is 5.82. The Morgan fingerprint density at radius 1 is 1.50 bits per heavy atom. The molecular weight excluding hydrogens is 238 g/mol. The number of aliphatic carboxylic acids is 1. The molecule has 2 heterocycles. The predicted octanol–water partition coefficient (Wildman–Crippen LogP) is 0.0283. The van der Waals surface area contributed by atoms with Crippen LogP contribution in [0.3, 0.4) is 0 Å². The lowest BCUT2D eigenvalue weighted by Crippen LogP contribution is -2.52. The van der Waals surface area contributed by atoms with E-state index in [1.54, 1.807) is 0 Å². The molecule has 0 saturated carbocycles. The number of nitrogens with one attached hydrogen (secondary N) is 2. The van der Waals surface area contributed by atoms with E-state index < -0.39 is 23.6 Å². The molecule has 0 aliphatic carbocycles. The molecule has 0 radical (unpaired) electrons. The van der Waals surface area contributed by atoms with E-state index >= 15 is 0 Å². The molecule has 98 valence electrons. The summed E-state index contributed by atoms with van der Waals surface area (Å²) < 4.78 is 0. The van der Waals surface area contributed by atoms with Crippen LogP contribution >= 0.6 is 0 Å². The van der Waals surface area contributed by atoms with Crippen LogP contribution in [-0.4, -0.2) is 44.4 Å². The Hall–Kier alpha value is -2.05. The minimum absolute atomic E-state index is 0.0918. The minimum Gasteiger partial charge on any atom is -0.480 e. The maximum absolute atomic E-state index is 12.1. The summed E-state index contributed by atoms with van der Waals surface area (Å²) >= 11 is 0. The van der Waals surface area contributed by atoms with E-state index in [0.29, 0.717) is 6.54 Å². The van der Waals surface area contributed by atoms with E-state index in [2.05, 4.69) is 9.97 Å². The van der Waals surface area contributed by atoms with Crippen LogP contribution in [-0.2, 0) is 4.79 Å². The number of hydrogen-bond acceptors (Lipinski definition) is 3. The molecule has 18 heavy (non-hydrogen) atoms. The number of carbonyl (C=O) groups excluding carboxylic acids is 1. The maximum atomic E-state index is 12.1. The van der Waals surface area contributed by atoms with Gasteiger partial charge in [-0.25, -0.2) is 9.59 Å². The number of piperidine rings is 1. The normalized spacial score (nSPS) is 23.9. The zero-order chi connectivity index (χ0) is 13.3. The lowest BCUT2D eigenvalue weighted by atomic mass is 9.90. The first-order valence-electron chi connectivity index (χ1n) is 5.82. The maximum Gasteiger partial charge on any atom is 0.326 e. The third-order valence-corrected chi connectivity index (χ3v) is 3.27. The number of H-pyrrole nitrogens is 2. The molecule has 1 aliphatic rings. The van der Waals surface area contributed by atoms with Crippen molar-refractivity contribution >= 4 is 11.9 Å². The number of carbonyl (C=O) groups is 2. The fraction of sp³-hybridized carbons (Fsp3) is 0.545. The van der Waals surface area contributed by atoms with Gasteiger partial charge in [0, 0.05) is 12.7 Å². The third kappa shape index (κ3) is 2.15. The highest BCUT2D eigenvalue weighted by Crippen LogP contribution is 2.24. The molecule has 1 saturated heterocycles. The molecular formula is C11H15N3O4. The number of aromatic amines is 2. The van der Waals surface area contributed by atoms with Gasteiger partial charge in [0.05, 0.1) is 0 Å². The van der Waals surface area contributed by atoms with Crippen LogP contribution in [0.1, 0.15) is 30.3 Å². The van der Waals surface area contributed by atoms with E-state index in [0.717, 1.165) is 12.8 Å². The van der Waals surface area contributed by atoms with E-state index in [9.17, 15) is 19.5 Å². The second-order valence-corrected chi connectivity index (χ2v) is 4.56. The Morgan fingerprint density at radius 3 is 2.78 bits per heavy atom. The van der Waals surface area contributed by atoms with Gasteiger partial charge in [-0.3, -0.25) is 4.79 Å². The molecule has 0 spiro atoms. The first kappa shape index (κ1) is 12.4. The second-order valence-electron chi connectivity index (χ2n) is 4.56. The van der Waals surface area contributed by atoms with Gasteiger partial charge in [-0.15, -0.1) is 0 Å². The van der Waals surface area contributed by atoms with Crippen molar-refractivity contribution in [3.63, 3.8) is 0 Å². The van der Waals surface area contributed by atoms with E-state index in [1.165, 1.54) is 11.1 Å². The summed E-state index contributed by atoms with van der Waals surface area (Å²) in [5.41, 5.74) is -0.379. The number of amides is 1. The Morgan fingerprint density at radius 2 is 2.22 bits per heavy atom. The van der Waals surface area contributed by atoms with Gasteiger partial charge in [-0.05, 0) is 18.8 Å². The molecule has 7 nitrogen and oxygen atoms in total. The number of carboxylic acid groups (broad SMARTS) is 1. The first-order chi connectivity index (χ1) is 8.50. The standard InChI is InChI=1S/C11H15N3O4/c1-6-3-2-4-14(8(6)10(16)17)9(15)7-5-12-11(18)13-7/h5-6,8H,2-4H2,1H3,(H,16,17)(H2,12,13,18). The summed E-state index contributed by atoms with van der Waals surface area (Å²) in [5, 5.41) is 9.21. The lowest BCUT2D eigenvalue weighted by molar-refractivity contribution is -0.145. The van der Waals surface area contributed by atoms with Crippen molar-refractivity contribution in [1.82, 2.24) is 14.9 Å². The Bertz CT molecular complexity index is 518. The largest absolute Gasteiger partial charge is 0.480 e. The molecule has 3 N–H and O–H groups in total. The number of carboxylic acids is 1. The summed E-state index contributed by atoms with van der Waals surface area (Å²) in [6.45, 7) is 2.21. The zero-order valence-corrected chi connectivity index (χ0v) is 9.97. The molecule has 7 heteroatoms. The van der Waals surface area contributed by atoms with Gasteiger partial charge < -0.3 is 20.0 Å². The third-order valence-electron chi connectivity index (χ3n) is 3.27. The summed E-state index contributed by atoms with van der Waals surface area (Å²) in [7, 11) is 0. The highest BCUT2D eigenvalue weighted by molar-refractivity contribution is 5.95. The number of aromatic nitrogens is 2. The molecule has 0 aromatic carbocycles. The molecule has 1 fully saturated rings. The number of nitrogens with zero attached hydrogens (tertiary/aromatic N) is 1. The highest BCUT2D eigenvalue weighted by Gasteiger charge is 2.37. The van der Waals surface area contributed by atoms with Gasteiger partial charge in [0.2, 0.25) is 0 Å². The fourth-order valence-electron chi connectivity index (χ4n) is 2.39. The Kier molecular flexibility index (Phi) is 3.22. The van der Waals surface area contributed by atoms with Crippen LogP contribution in [0.4, 0.5) is 0 Å². The predicted molar refractivity (Wildman–Crippen MR) is 62.3 cm³/mol. The zero-order valence-electron chi connectivity index (χ0n) is 9.97. The smallest absolute Gasteiger partial charge is 0.326 e. The summed E-state index contributed by atoms with van der Waals surface area (Å²) in [5.74, 6) is -1.55. The number of hydrogen-bond donors (Lipinski definition) is 3. The van der Waals surface area contributed by atoms with Gasteiger partial charge in [0.25, 0.3) is 5.91 Å². The average Bonchev–Trinajstić information content (AvgIpc) is 2.74. The molecule has 1 aromatic heterocycles. The van der Waals surface area contributed by atoms with Crippen LogP contribution < -0.4 is 5.69 Å². The SMILES string of the molecule is CC1CCCN(C(=O)c2c[nH]c(=O)[nH]2)C1C(=O)O. The number of imidazole rings is 1. The molecule has 2 atom stereocenters. The summed E-state index contributed by atoms with van der Waals surface area (Å²) in [6, 6.07) is -0.829. The van der Waals surface area contributed by atoms with Gasteiger partial charge in [-0.1, -0.05) is 6.92 Å². The molecule has 2 rings (SSSR count). The van der Waals surface area contributed by atoms with Crippen LogP contribution in [0.25, 0.3) is 0 Å². The second kappa shape index (κ2) is 4.67. The monoisotopic (exact) mass is 253 g/mol. The van der Waals surface area contributed by atoms with Crippen molar-refractivity contribution in [3.05, 3.63) is 22.4 Å². The molecule has 0 bridgehead atoms. The van der Waals surface area contributed by atoms with Crippen molar-refractivity contribution in [2.75, 3.05) is 6.54 Å². The van der Waals surface area contributed by atoms with Crippen LogP contribution in [0.2, 0.25) is 0 Å². The van der Waals surface area contributed by atoms with E-state index in [-0.39, 0.29) is 11.6 Å². The lowest BCUT2D eigenvalue weighted by Gasteiger charge is -2.36. The van der Waals surface area contributed by atoms with Crippen LogP contribution in [0.5, 0.6) is 0 Å². The van der Waals surface area contributed by atoms with E-state index in [4.69, 9.17) is 0 Å². The highest BCUT2D eigenvalue weighted by atomic mass is 16.4. The molecule has 1 amide bonds. The number of rotatable bonds is 2. The topological polar surface area (TPSA) is 106 Å².